The molecule has 3 nitrogen and oxygen atoms in total. The van der Waals surface area contributed by atoms with Gasteiger partial charge in [0.2, 0.25) is 0 Å². The molecule has 2 rings (SSSR count). The fraction of sp³-hybridized carbons (Fsp3) is 0.182. The highest BCUT2D eigenvalue weighted by Crippen LogP contribution is 2.16. The first-order valence-corrected chi connectivity index (χ1v) is 4.91. The van der Waals surface area contributed by atoms with Crippen molar-refractivity contribution in [3.63, 3.8) is 0 Å². The van der Waals surface area contributed by atoms with Crippen molar-refractivity contribution in [2.24, 2.45) is 0 Å². The molecule has 78 valence electrons. The minimum atomic E-state index is 0.377. The molecule has 2 aromatic rings. The number of oxazole rings is 1. The Morgan fingerprint density at radius 3 is 2.67 bits per heavy atom. The standard InChI is InChI=1S/C11H10ClNO2/c1-8-13-6-11(15-8)7-14-10-4-2-9(12)3-5-10/h2-6H,7H2,1H3. The predicted octanol–water partition coefficient (Wildman–Crippen LogP) is 3.22. The maximum atomic E-state index is 5.75. The van der Waals surface area contributed by atoms with Gasteiger partial charge in [0.25, 0.3) is 0 Å². The molecule has 0 fully saturated rings. The van der Waals surface area contributed by atoms with Gasteiger partial charge in [0.1, 0.15) is 12.4 Å². The first kappa shape index (κ1) is 10.1. The van der Waals surface area contributed by atoms with Crippen LogP contribution in [0.5, 0.6) is 5.75 Å². The molecule has 0 saturated carbocycles. The quantitative estimate of drug-likeness (QED) is 0.802. The molecule has 4 heteroatoms. The lowest BCUT2D eigenvalue weighted by molar-refractivity contribution is 0.267. The van der Waals surface area contributed by atoms with Gasteiger partial charge in [0.15, 0.2) is 11.7 Å². The van der Waals surface area contributed by atoms with E-state index in [0.29, 0.717) is 23.3 Å². The van der Waals surface area contributed by atoms with Gasteiger partial charge in [-0.3, -0.25) is 0 Å². The second kappa shape index (κ2) is 4.36. The SMILES string of the molecule is Cc1ncc(COc2ccc(Cl)cc2)o1. The van der Waals surface area contributed by atoms with Crippen LogP contribution in [0.2, 0.25) is 5.02 Å². The summed E-state index contributed by atoms with van der Waals surface area (Å²) in [5.74, 6) is 2.11. The molecule has 15 heavy (non-hydrogen) atoms. The van der Waals surface area contributed by atoms with E-state index in [1.165, 1.54) is 0 Å². The normalized spacial score (nSPS) is 10.3. The van der Waals surface area contributed by atoms with Crippen LogP contribution < -0.4 is 4.74 Å². The summed E-state index contributed by atoms with van der Waals surface area (Å²) >= 11 is 5.75. The number of hydrogen-bond donors (Lipinski definition) is 0. The maximum absolute atomic E-state index is 5.75. The zero-order chi connectivity index (χ0) is 10.7. The molecule has 0 N–H and O–H groups in total. The maximum Gasteiger partial charge on any atom is 0.191 e. The summed E-state index contributed by atoms with van der Waals surface area (Å²) in [6.45, 7) is 2.17. The molecule has 0 aliphatic rings. The minimum absolute atomic E-state index is 0.377. The average Bonchev–Trinajstić information content (AvgIpc) is 2.64. The van der Waals surface area contributed by atoms with Crippen molar-refractivity contribution in [1.29, 1.82) is 0 Å². The molecule has 1 aromatic carbocycles. The fourth-order valence-corrected chi connectivity index (χ4v) is 1.28. The lowest BCUT2D eigenvalue weighted by Gasteiger charge is -2.02. The third-order valence-corrected chi connectivity index (χ3v) is 2.12. The summed E-state index contributed by atoms with van der Waals surface area (Å²) in [7, 11) is 0. The van der Waals surface area contributed by atoms with Crippen molar-refractivity contribution >= 4 is 11.6 Å². The topological polar surface area (TPSA) is 35.3 Å². The molecule has 0 spiro atoms. The van der Waals surface area contributed by atoms with Crippen molar-refractivity contribution < 1.29 is 9.15 Å². The van der Waals surface area contributed by atoms with Crippen LogP contribution in [-0.2, 0) is 6.61 Å². The van der Waals surface area contributed by atoms with Crippen molar-refractivity contribution in [2.75, 3.05) is 0 Å². The molecule has 0 amide bonds. The number of rotatable bonds is 3. The molecule has 0 atom stereocenters. The van der Waals surface area contributed by atoms with Gasteiger partial charge >= 0.3 is 0 Å². The summed E-state index contributed by atoms with van der Waals surface area (Å²) in [5.41, 5.74) is 0. The third-order valence-electron chi connectivity index (χ3n) is 1.86. The van der Waals surface area contributed by atoms with E-state index >= 15 is 0 Å². The van der Waals surface area contributed by atoms with Gasteiger partial charge in [-0.1, -0.05) is 11.6 Å². The number of aromatic nitrogens is 1. The van der Waals surface area contributed by atoms with Gasteiger partial charge in [-0.2, -0.15) is 0 Å². The van der Waals surface area contributed by atoms with Crippen LogP contribution in [0, 0.1) is 6.92 Å². The van der Waals surface area contributed by atoms with E-state index in [1.807, 2.05) is 12.1 Å². The summed E-state index contributed by atoms with van der Waals surface area (Å²) in [6.07, 6.45) is 1.66. The van der Waals surface area contributed by atoms with Crippen LogP contribution in [0.4, 0.5) is 0 Å². The Morgan fingerprint density at radius 1 is 1.33 bits per heavy atom. The minimum Gasteiger partial charge on any atom is -0.486 e. The molecule has 0 unspecified atom stereocenters. The Kier molecular flexibility index (Phi) is 2.92. The summed E-state index contributed by atoms with van der Waals surface area (Å²) in [5, 5.41) is 0.692. The van der Waals surface area contributed by atoms with Gasteiger partial charge in [-0.15, -0.1) is 0 Å². The van der Waals surface area contributed by atoms with E-state index in [2.05, 4.69) is 4.98 Å². The summed E-state index contributed by atoms with van der Waals surface area (Å²) < 4.78 is 10.7. The third kappa shape index (κ3) is 2.73. The van der Waals surface area contributed by atoms with Crippen LogP contribution in [0.15, 0.2) is 34.9 Å². The Morgan fingerprint density at radius 2 is 2.07 bits per heavy atom. The lowest BCUT2D eigenvalue weighted by Crippen LogP contribution is -1.93. The van der Waals surface area contributed by atoms with Crippen molar-refractivity contribution in [3.05, 3.63) is 47.1 Å². The number of ether oxygens (including phenoxy) is 1. The highest BCUT2D eigenvalue weighted by Gasteiger charge is 2.00. The number of hydrogen-bond acceptors (Lipinski definition) is 3. The van der Waals surface area contributed by atoms with Crippen molar-refractivity contribution in [2.45, 2.75) is 13.5 Å². The molecule has 1 heterocycles. The summed E-state index contributed by atoms with van der Waals surface area (Å²) in [4.78, 5) is 3.98. The lowest BCUT2D eigenvalue weighted by atomic mass is 10.3. The molecular weight excluding hydrogens is 214 g/mol. The van der Waals surface area contributed by atoms with E-state index in [-0.39, 0.29) is 0 Å². The molecule has 0 bridgehead atoms. The number of halogens is 1. The second-order valence-electron chi connectivity index (χ2n) is 3.09. The highest BCUT2D eigenvalue weighted by atomic mass is 35.5. The Balaban J connectivity index is 1.96. The Bertz CT molecular complexity index is 436. The Hall–Kier alpha value is -1.48. The van der Waals surface area contributed by atoms with Crippen molar-refractivity contribution in [1.82, 2.24) is 4.98 Å². The first-order chi connectivity index (χ1) is 7.24. The zero-order valence-electron chi connectivity index (χ0n) is 8.24. The summed E-state index contributed by atoms with van der Waals surface area (Å²) in [6, 6.07) is 7.18. The van der Waals surface area contributed by atoms with Crippen LogP contribution in [0.3, 0.4) is 0 Å². The van der Waals surface area contributed by atoms with E-state index in [1.54, 1.807) is 25.3 Å². The Labute approximate surface area is 92.6 Å². The van der Waals surface area contributed by atoms with Crippen LogP contribution in [0.1, 0.15) is 11.7 Å². The van der Waals surface area contributed by atoms with Gasteiger partial charge < -0.3 is 9.15 Å². The molecule has 1 aromatic heterocycles. The predicted molar refractivity (Wildman–Crippen MR) is 57.0 cm³/mol. The number of nitrogens with zero attached hydrogens (tertiary/aromatic N) is 1. The molecule has 0 saturated heterocycles. The average molecular weight is 224 g/mol. The second-order valence-corrected chi connectivity index (χ2v) is 3.52. The van der Waals surface area contributed by atoms with E-state index in [4.69, 9.17) is 20.8 Å². The fourth-order valence-electron chi connectivity index (χ4n) is 1.16. The van der Waals surface area contributed by atoms with Gasteiger partial charge in [0, 0.05) is 11.9 Å². The van der Waals surface area contributed by atoms with Crippen LogP contribution in [-0.4, -0.2) is 4.98 Å². The molecule has 0 radical (unpaired) electrons. The largest absolute Gasteiger partial charge is 0.486 e. The van der Waals surface area contributed by atoms with E-state index in [9.17, 15) is 0 Å². The monoisotopic (exact) mass is 223 g/mol. The number of aryl methyl sites for hydroxylation is 1. The van der Waals surface area contributed by atoms with Crippen molar-refractivity contribution in [3.8, 4) is 5.75 Å². The molecule has 0 aliphatic carbocycles. The molecular formula is C11H10ClNO2. The van der Waals surface area contributed by atoms with Crippen LogP contribution in [0.25, 0.3) is 0 Å². The van der Waals surface area contributed by atoms with Gasteiger partial charge in [-0.25, -0.2) is 4.98 Å². The zero-order valence-corrected chi connectivity index (χ0v) is 8.99. The molecule has 0 aliphatic heterocycles. The van der Waals surface area contributed by atoms with Gasteiger partial charge in [-0.05, 0) is 24.3 Å². The van der Waals surface area contributed by atoms with Crippen LogP contribution >= 0.6 is 11.6 Å². The van der Waals surface area contributed by atoms with Gasteiger partial charge in [0.05, 0.1) is 6.20 Å². The number of benzene rings is 1. The first-order valence-electron chi connectivity index (χ1n) is 4.54. The highest BCUT2D eigenvalue weighted by molar-refractivity contribution is 6.30. The van der Waals surface area contributed by atoms with E-state index in [0.717, 1.165) is 5.75 Å². The van der Waals surface area contributed by atoms with E-state index < -0.39 is 0 Å². The smallest absolute Gasteiger partial charge is 0.191 e.